The first-order valence-corrected chi connectivity index (χ1v) is 7.16. The molecule has 1 aliphatic rings. The quantitative estimate of drug-likeness (QED) is 0.829. The van der Waals surface area contributed by atoms with Crippen molar-refractivity contribution >= 4 is 0 Å². The van der Waals surface area contributed by atoms with E-state index in [2.05, 4.69) is 24.4 Å². The molecular weight excluding hydrogens is 238 g/mol. The van der Waals surface area contributed by atoms with Crippen LogP contribution in [0.25, 0.3) is 0 Å². The van der Waals surface area contributed by atoms with E-state index >= 15 is 0 Å². The Kier molecular flexibility index (Phi) is 4.83. The monoisotopic (exact) mass is 263 g/mol. The van der Waals surface area contributed by atoms with E-state index in [-0.39, 0.29) is 6.10 Å². The number of hydrogen-bond acceptors (Lipinski definition) is 3. The summed E-state index contributed by atoms with van der Waals surface area (Å²) in [6.07, 6.45) is 2.98. The number of hydrogen-bond donors (Lipinski definition) is 2. The summed E-state index contributed by atoms with van der Waals surface area (Å²) in [5.74, 6) is 1.59. The van der Waals surface area contributed by atoms with E-state index in [0.717, 1.165) is 12.2 Å². The van der Waals surface area contributed by atoms with Gasteiger partial charge in [0.15, 0.2) is 0 Å². The number of methoxy groups -OCH3 is 1. The molecular formula is C16H25NO2. The van der Waals surface area contributed by atoms with Crippen molar-refractivity contribution in [1.82, 2.24) is 5.32 Å². The highest BCUT2D eigenvalue weighted by Gasteiger charge is 2.30. The average molecular weight is 263 g/mol. The summed E-state index contributed by atoms with van der Waals surface area (Å²) in [6, 6.07) is 9.39. The van der Waals surface area contributed by atoms with E-state index < -0.39 is 0 Å². The molecule has 3 heteroatoms. The molecule has 0 heterocycles. The molecule has 106 valence electrons. The molecule has 0 amide bonds. The highest BCUT2D eigenvalue weighted by Crippen LogP contribution is 2.37. The lowest BCUT2D eigenvalue weighted by Gasteiger charge is -2.38. The minimum atomic E-state index is -0.222. The predicted octanol–water partition coefficient (Wildman–Crippen LogP) is 2.69. The van der Waals surface area contributed by atoms with Crippen molar-refractivity contribution in [2.24, 2.45) is 0 Å². The third-order valence-corrected chi connectivity index (χ3v) is 3.94. The van der Waals surface area contributed by atoms with Gasteiger partial charge in [-0.3, -0.25) is 0 Å². The number of nitrogens with one attached hydrogen (secondary N) is 1. The topological polar surface area (TPSA) is 41.5 Å². The molecule has 1 aliphatic carbocycles. The molecule has 3 nitrogen and oxygen atoms in total. The number of benzene rings is 1. The summed E-state index contributed by atoms with van der Waals surface area (Å²) in [4.78, 5) is 0. The van der Waals surface area contributed by atoms with E-state index in [1.54, 1.807) is 7.11 Å². The maximum atomic E-state index is 9.35. The van der Waals surface area contributed by atoms with Gasteiger partial charge in [-0.1, -0.05) is 12.1 Å². The molecule has 0 aromatic heterocycles. The van der Waals surface area contributed by atoms with Gasteiger partial charge in [0.2, 0.25) is 0 Å². The standard InChI is InChI=1S/C16H25NO2/c1-11(8-12(2)18)17-15-9-14(10-15)13-4-6-16(19-3)7-5-13/h4-7,11-12,14-15,17-18H,8-10H2,1-3H3. The molecule has 0 saturated heterocycles. The summed E-state index contributed by atoms with van der Waals surface area (Å²) >= 11 is 0. The van der Waals surface area contributed by atoms with E-state index in [1.165, 1.54) is 18.4 Å². The van der Waals surface area contributed by atoms with Gasteiger partial charge in [0.1, 0.15) is 5.75 Å². The second kappa shape index (κ2) is 6.40. The lowest BCUT2D eigenvalue weighted by Crippen LogP contribution is -2.45. The lowest BCUT2D eigenvalue weighted by atomic mass is 9.75. The molecule has 0 radical (unpaired) electrons. The molecule has 2 unspecified atom stereocenters. The zero-order valence-corrected chi connectivity index (χ0v) is 12.1. The molecule has 2 N–H and O–H groups in total. The van der Waals surface area contributed by atoms with Crippen molar-refractivity contribution in [3.63, 3.8) is 0 Å². The van der Waals surface area contributed by atoms with Crippen LogP contribution in [0.3, 0.4) is 0 Å². The normalized spacial score (nSPS) is 25.5. The van der Waals surface area contributed by atoms with Crippen LogP contribution in [0.2, 0.25) is 0 Å². The molecule has 2 atom stereocenters. The molecule has 1 fully saturated rings. The van der Waals surface area contributed by atoms with E-state index in [1.807, 2.05) is 19.1 Å². The molecule has 19 heavy (non-hydrogen) atoms. The van der Waals surface area contributed by atoms with Gasteiger partial charge in [0.05, 0.1) is 13.2 Å². The summed E-state index contributed by atoms with van der Waals surface area (Å²) < 4.78 is 5.18. The maximum Gasteiger partial charge on any atom is 0.118 e. The van der Waals surface area contributed by atoms with Crippen molar-refractivity contribution in [1.29, 1.82) is 0 Å². The second-order valence-corrected chi connectivity index (χ2v) is 5.79. The molecule has 2 rings (SSSR count). The van der Waals surface area contributed by atoms with E-state index in [9.17, 15) is 5.11 Å². The zero-order chi connectivity index (χ0) is 13.8. The Morgan fingerprint density at radius 1 is 1.26 bits per heavy atom. The predicted molar refractivity (Wildman–Crippen MR) is 77.7 cm³/mol. The SMILES string of the molecule is COc1ccc(C2CC(NC(C)CC(C)O)C2)cc1. The van der Waals surface area contributed by atoms with Crippen molar-refractivity contribution < 1.29 is 9.84 Å². The van der Waals surface area contributed by atoms with Crippen molar-refractivity contribution in [3.8, 4) is 5.75 Å². The summed E-state index contributed by atoms with van der Waals surface area (Å²) in [5, 5.41) is 12.9. The van der Waals surface area contributed by atoms with Crippen LogP contribution >= 0.6 is 0 Å². The first kappa shape index (κ1) is 14.4. The lowest BCUT2D eigenvalue weighted by molar-refractivity contribution is 0.159. The van der Waals surface area contributed by atoms with Gasteiger partial charge < -0.3 is 15.2 Å². The van der Waals surface area contributed by atoms with Crippen LogP contribution in [0.1, 0.15) is 44.6 Å². The molecule has 1 saturated carbocycles. The minimum Gasteiger partial charge on any atom is -0.497 e. The Labute approximate surface area is 116 Å². The van der Waals surface area contributed by atoms with Crippen LogP contribution in [0.4, 0.5) is 0 Å². The van der Waals surface area contributed by atoms with Gasteiger partial charge in [-0.15, -0.1) is 0 Å². The first-order chi connectivity index (χ1) is 9.08. The van der Waals surface area contributed by atoms with Crippen molar-refractivity contribution in [2.45, 2.75) is 57.2 Å². The fourth-order valence-corrected chi connectivity index (χ4v) is 2.88. The summed E-state index contributed by atoms with van der Waals surface area (Å²) in [7, 11) is 1.70. The van der Waals surface area contributed by atoms with Crippen molar-refractivity contribution in [3.05, 3.63) is 29.8 Å². The van der Waals surface area contributed by atoms with Crippen LogP contribution in [0.15, 0.2) is 24.3 Å². The van der Waals surface area contributed by atoms with Crippen molar-refractivity contribution in [2.75, 3.05) is 7.11 Å². The van der Waals surface area contributed by atoms with E-state index in [0.29, 0.717) is 18.0 Å². The molecule has 0 aliphatic heterocycles. The Morgan fingerprint density at radius 2 is 1.89 bits per heavy atom. The Hall–Kier alpha value is -1.06. The fraction of sp³-hybridized carbons (Fsp3) is 0.625. The van der Waals surface area contributed by atoms with Crippen LogP contribution in [0.5, 0.6) is 5.75 Å². The Bertz CT molecular complexity index is 382. The number of ether oxygens (including phenoxy) is 1. The molecule has 0 spiro atoms. The number of rotatable bonds is 6. The van der Waals surface area contributed by atoms with Crippen LogP contribution in [-0.4, -0.2) is 30.4 Å². The van der Waals surface area contributed by atoms with Gasteiger partial charge in [-0.25, -0.2) is 0 Å². The third kappa shape index (κ3) is 3.95. The molecule has 1 aromatic carbocycles. The number of aliphatic hydroxyl groups excluding tert-OH is 1. The van der Waals surface area contributed by atoms with Gasteiger partial charge >= 0.3 is 0 Å². The second-order valence-electron chi connectivity index (χ2n) is 5.79. The molecule has 0 bridgehead atoms. The van der Waals surface area contributed by atoms with Gasteiger partial charge in [-0.05, 0) is 56.7 Å². The van der Waals surface area contributed by atoms with Crippen LogP contribution < -0.4 is 10.1 Å². The third-order valence-electron chi connectivity index (χ3n) is 3.94. The maximum absolute atomic E-state index is 9.35. The van der Waals surface area contributed by atoms with Crippen LogP contribution in [0, 0.1) is 0 Å². The largest absolute Gasteiger partial charge is 0.497 e. The zero-order valence-electron chi connectivity index (χ0n) is 12.1. The average Bonchev–Trinajstić information content (AvgIpc) is 2.32. The van der Waals surface area contributed by atoms with Gasteiger partial charge in [0, 0.05) is 12.1 Å². The van der Waals surface area contributed by atoms with Crippen LogP contribution in [-0.2, 0) is 0 Å². The van der Waals surface area contributed by atoms with Gasteiger partial charge in [0.25, 0.3) is 0 Å². The van der Waals surface area contributed by atoms with Gasteiger partial charge in [-0.2, -0.15) is 0 Å². The summed E-state index contributed by atoms with van der Waals surface area (Å²) in [5.41, 5.74) is 1.40. The first-order valence-electron chi connectivity index (χ1n) is 7.16. The fourth-order valence-electron chi connectivity index (χ4n) is 2.88. The molecule has 1 aromatic rings. The minimum absolute atomic E-state index is 0.222. The summed E-state index contributed by atoms with van der Waals surface area (Å²) in [6.45, 7) is 3.99. The smallest absolute Gasteiger partial charge is 0.118 e. The Morgan fingerprint density at radius 3 is 2.42 bits per heavy atom. The van der Waals surface area contributed by atoms with E-state index in [4.69, 9.17) is 4.74 Å². The Balaban J connectivity index is 1.76. The number of aliphatic hydroxyl groups is 1. The highest BCUT2D eigenvalue weighted by molar-refractivity contribution is 5.30. The highest BCUT2D eigenvalue weighted by atomic mass is 16.5.